The van der Waals surface area contributed by atoms with Crippen LogP contribution >= 0.6 is 0 Å². The van der Waals surface area contributed by atoms with Gasteiger partial charge in [0.05, 0.1) is 6.20 Å². The van der Waals surface area contributed by atoms with Crippen molar-refractivity contribution in [3.8, 4) is 0 Å². The van der Waals surface area contributed by atoms with Gasteiger partial charge in [-0.15, -0.1) is 0 Å². The van der Waals surface area contributed by atoms with Crippen molar-refractivity contribution in [2.75, 3.05) is 0 Å². The van der Waals surface area contributed by atoms with E-state index in [1.54, 1.807) is 6.07 Å². The van der Waals surface area contributed by atoms with Crippen molar-refractivity contribution in [3.63, 3.8) is 0 Å². The van der Waals surface area contributed by atoms with Gasteiger partial charge in [0, 0.05) is 5.57 Å². The molecule has 0 spiro atoms. The molecule has 0 aliphatic heterocycles. The molecule has 1 N–H and O–H groups in total. The Morgan fingerprint density at radius 2 is 2.29 bits per heavy atom. The molecule has 1 aliphatic rings. The van der Waals surface area contributed by atoms with Crippen LogP contribution in [0.25, 0.3) is 16.7 Å². The number of aromatic nitrogens is 3. The first-order valence-electron chi connectivity index (χ1n) is 4.31. The van der Waals surface area contributed by atoms with Crippen molar-refractivity contribution in [1.82, 2.24) is 9.97 Å². The highest BCUT2D eigenvalue weighted by Gasteiger charge is 2.14. The van der Waals surface area contributed by atoms with Gasteiger partial charge in [-0.3, -0.25) is 0 Å². The molecular weight excluding hydrogens is 178 g/mol. The van der Waals surface area contributed by atoms with Crippen LogP contribution in [0.1, 0.15) is 5.82 Å². The summed E-state index contributed by atoms with van der Waals surface area (Å²) in [7, 11) is 0. The highest BCUT2D eigenvalue weighted by atomic mass is 16.5. The highest BCUT2D eigenvalue weighted by Crippen LogP contribution is 2.20. The lowest BCUT2D eigenvalue weighted by Gasteiger charge is -1.99. The van der Waals surface area contributed by atoms with E-state index >= 15 is 0 Å². The molecule has 0 atom stereocenters. The molecule has 2 heterocycles. The van der Waals surface area contributed by atoms with Gasteiger partial charge >= 0.3 is 5.65 Å². The van der Waals surface area contributed by atoms with Crippen LogP contribution in [0.5, 0.6) is 0 Å². The van der Waals surface area contributed by atoms with Gasteiger partial charge in [-0.2, -0.15) is 0 Å². The summed E-state index contributed by atoms with van der Waals surface area (Å²) in [6.07, 6.45) is 7.29. The van der Waals surface area contributed by atoms with Crippen LogP contribution in [0.15, 0.2) is 36.6 Å². The molecule has 3 rings (SSSR count). The number of imidazole rings is 1. The molecule has 2 aromatic heterocycles. The summed E-state index contributed by atoms with van der Waals surface area (Å²) in [5, 5.41) is 11.3. The predicted octanol–water partition coefficient (Wildman–Crippen LogP) is 1.15. The van der Waals surface area contributed by atoms with E-state index in [0.29, 0.717) is 11.2 Å². The van der Waals surface area contributed by atoms with Crippen molar-refractivity contribution in [3.05, 3.63) is 47.6 Å². The fourth-order valence-electron chi connectivity index (χ4n) is 1.44. The number of hydrogen-bond donors (Lipinski definition) is 1. The summed E-state index contributed by atoms with van der Waals surface area (Å²) in [6, 6.07) is 3.50. The molecule has 0 fully saturated rings. The van der Waals surface area contributed by atoms with Gasteiger partial charge in [-0.1, -0.05) is 6.08 Å². The second-order valence-electron chi connectivity index (χ2n) is 3.13. The van der Waals surface area contributed by atoms with E-state index in [1.165, 1.54) is 6.20 Å². The van der Waals surface area contributed by atoms with Crippen LogP contribution in [0.4, 0.5) is 0 Å². The molecule has 0 saturated carbocycles. The average molecular weight is 185 g/mol. The average Bonchev–Trinajstić information content (AvgIpc) is 2.46. The Bertz CT molecular complexity index is 566. The van der Waals surface area contributed by atoms with Crippen LogP contribution in [0, 0.1) is 5.21 Å². The van der Waals surface area contributed by atoms with Gasteiger partial charge < -0.3 is 5.21 Å². The molecule has 0 aromatic carbocycles. The normalized spacial score (nSPS) is 14.1. The van der Waals surface area contributed by atoms with Gasteiger partial charge in [-0.25, -0.2) is 14.7 Å². The van der Waals surface area contributed by atoms with Gasteiger partial charge in [0.15, 0.2) is 5.52 Å². The Morgan fingerprint density at radius 3 is 2.93 bits per heavy atom. The lowest BCUT2D eigenvalue weighted by Crippen LogP contribution is -2.25. The molecule has 0 saturated heterocycles. The van der Waals surface area contributed by atoms with Gasteiger partial charge in [0.25, 0.3) is 0 Å². The molecule has 4 heteroatoms. The van der Waals surface area contributed by atoms with Crippen molar-refractivity contribution >= 4 is 16.7 Å². The van der Waals surface area contributed by atoms with Crippen LogP contribution in [-0.2, 0) is 0 Å². The summed E-state index contributed by atoms with van der Waals surface area (Å²) in [5.74, 6) is 0.748. The zero-order chi connectivity index (χ0) is 9.54. The van der Waals surface area contributed by atoms with E-state index in [2.05, 4.69) is 9.97 Å². The van der Waals surface area contributed by atoms with Crippen LogP contribution in [0.2, 0.25) is 0 Å². The van der Waals surface area contributed by atoms with Crippen molar-refractivity contribution in [2.24, 2.45) is 0 Å². The van der Waals surface area contributed by atoms with E-state index in [0.717, 1.165) is 16.1 Å². The van der Waals surface area contributed by atoms with Gasteiger partial charge in [0.1, 0.15) is 0 Å². The molecule has 0 bridgehead atoms. The monoisotopic (exact) mass is 185 g/mol. The van der Waals surface area contributed by atoms with Gasteiger partial charge in [-0.05, 0) is 24.3 Å². The predicted molar refractivity (Wildman–Crippen MR) is 52.2 cm³/mol. The Kier molecular flexibility index (Phi) is 1.28. The Labute approximate surface area is 79.8 Å². The standard InChI is InChI=1S/C10H7N3O/c14-13-6-2-5-8-10(13)12-9(11-8)7-3-1-4-7/h1-6H,(H,11,12). The minimum atomic E-state index is 0.503. The smallest absolute Gasteiger partial charge is 0.310 e. The number of aromatic amines is 1. The Morgan fingerprint density at radius 1 is 1.43 bits per heavy atom. The molecule has 4 nitrogen and oxygen atoms in total. The second-order valence-corrected chi connectivity index (χ2v) is 3.13. The number of nitrogens with zero attached hydrogens (tertiary/aromatic N) is 2. The fourth-order valence-corrected chi connectivity index (χ4v) is 1.44. The first kappa shape index (κ1) is 7.32. The summed E-state index contributed by atoms with van der Waals surface area (Å²) >= 11 is 0. The van der Waals surface area contributed by atoms with E-state index in [1.807, 2.05) is 24.3 Å². The lowest BCUT2D eigenvalue weighted by atomic mass is 10.1. The number of pyridine rings is 1. The lowest BCUT2D eigenvalue weighted by molar-refractivity contribution is -0.579. The Hall–Kier alpha value is -2.10. The van der Waals surface area contributed by atoms with Crippen LogP contribution in [-0.4, -0.2) is 9.97 Å². The van der Waals surface area contributed by atoms with Crippen molar-refractivity contribution in [1.29, 1.82) is 0 Å². The third-order valence-electron chi connectivity index (χ3n) is 2.23. The minimum Gasteiger partial charge on any atom is -0.711 e. The zero-order valence-corrected chi connectivity index (χ0v) is 7.27. The summed E-state index contributed by atoms with van der Waals surface area (Å²) in [5.41, 5.74) is 2.23. The molecule has 0 radical (unpaired) electrons. The zero-order valence-electron chi connectivity index (χ0n) is 7.27. The maximum absolute atomic E-state index is 11.3. The van der Waals surface area contributed by atoms with E-state index in [4.69, 9.17) is 0 Å². The summed E-state index contributed by atoms with van der Waals surface area (Å²) < 4.78 is 0.786. The first-order chi connectivity index (χ1) is 6.84. The minimum absolute atomic E-state index is 0.503. The van der Waals surface area contributed by atoms with E-state index in [-0.39, 0.29) is 0 Å². The second kappa shape index (κ2) is 2.45. The largest absolute Gasteiger partial charge is 0.711 e. The summed E-state index contributed by atoms with van der Waals surface area (Å²) in [6.45, 7) is 0. The maximum Gasteiger partial charge on any atom is 0.310 e. The number of nitrogens with one attached hydrogen (secondary N) is 1. The molecule has 2 aromatic rings. The molecular formula is C10H7N3O. The van der Waals surface area contributed by atoms with Gasteiger partial charge in [0.2, 0.25) is 5.82 Å². The third kappa shape index (κ3) is 0.877. The van der Waals surface area contributed by atoms with Crippen LogP contribution < -0.4 is 4.73 Å². The first-order valence-corrected chi connectivity index (χ1v) is 4.31. The molecule has 68 valence electrons. The van der Waals surface area contributed by atoms with E-state index in [9.17, 15) is 5.21 Å². The maximum atomic E-state index is 11.3. The Balaban J connectivity index is 2.25. The summed E-state index contributed by atoms with van der Waals surface area (Å²) in [4.78, 5) is 7.29. The number of rotatable bonds is 1. The third-order valence-corrected chi connectivity index (χ3v) is 2.23. The quantitative estimate of drug-likeness (QED) is 0.535. The number of fused-ring (bicyclic) bond motifs is 1. The SMILES string of the molecule is [O-][n+]1cccc2nc(C3=CC=C3)[nH]c21. The van der Waals surface area contributed by atoms with Crippen molar-refractivity contribution in [2.45, 2.75) is 0 Å². The number of H-pyrrole nitrogens is 1. The van der Waals surface area contributed by atoms with E-state index < -0.39 is 0 Å². The highest BCUT2D eigenvalue weighted by molar-refractivity contribution is 5.81. The van der Waals surface area contributed by atoms with Crippen molar-refractivity contribution < 1.29 is 4.73 Å². The molecule has 1 aliphatic carbocycles. The number of hydrogen-bond acceptors (Lipinski definition) is 2. The number of allylic oxidation sites excluding steroid dienone is 4. The molecule has 0 unspecified atom stereocenters. The topological polar surface area (TPSA) is 55.6 Å². The fraction of sp³-hybridized carbons (Fsp3) is 0. The molecule has 14 heavy (non-hydrogen) atoms. The van der Waals surface area contributed by atoms with Crippen LogP contribution in [0.3, 0.4) is 0 Å². The molecule has 0 amide bonds.